The molecule has 3 atom stereocenters. The molecule has 6 amide bonds. The summed E-state index contributed by atoms with van der Waals surface area (Å²) in [4.78, 5) is 166. The Morgan fingerprint density at radius 3 is 1.42 bits per heavy atom. The Morgan fingerprint density at radius 2 is 0.956 bits per heavy atom. The van der Waals surface area contributed by atoms with Gasteiger partial charge in [0.2, 0.25) is 5.71 Å². The third-order valence-electron chi connectivity index (χ3n) is 20.2. The number of amides is 6. The molecule has 3 unspecified atom stereocenters. The lowest BCUT2D eigenvalue weighted by Gasteiger charge is -2.37. The molecule has 0 spiro atoms. The number of nitrogens with one attached hydrogen (secondary N) is 1. The average molecular weight is 1600 g/mol. The summed E-state index contributed by atoms with van der Waals surface area (Å²) in [5, 5.41) is 7.34. The number of allylic oxidation sites excluding steroid dienone is 10. The molecular formula is C85H83N8O18P3. The summed E-state index contributed by atoms with van der Waals surface area (Å²) in [5.41, 5.74) is 16.9. The van der Waals surface area contributed by atoms with E-state index >= 15 is 0 Å². The van der Waals surface area contributed by atoms with Gasteiger partial charge < -0.3 is 49.7 Å². The smallest absolute Gasteiger partial charge is 0.363 e. The number of hydrogen-bond donors (Lipinski definition) is 4. The molecule has 0 bridgehead atoms. The number of nitrogens with zero attached hydrogens (tertiary/aromatic N) is 6. The van der Waals surface area contributed by atoms with Crippen LogP contribution in [0.4, 0.5) is 17.1 Å². The zero-order valence-corrected chi connectivity index (χ0v) is 64.3. The van der Waals surface area contributed by atoms with Crippen LogP contribution in [0.2, 0.25) is 0 Å². The van der Waals surface area contributed by atoms with Crippen molar-refractivity contribution in [1.82, 2.24) is 15.2 Å². The Bertz CT molecular complexity index is 5780. The average Bonchev–Trinajstić information content (AvgIpc) is 0.814. The predicted octanol–water partition coefficient (Wildman–Crippen LogP) is 8.92. The number of fused-ring (bicyclic) bond motifs is 6. The standard InChI is InChI=1S/C32H34N3O6P.C26H22N3O6P.C25H19N2O6P.2CH4/c1-5-33(6-2)23-13-15-25-27(19-23)42(39,40)28-20-24(34(7-3)8-4)14-16-26(28)31(25)21-9-11-22(12-10-21)32(38)41-35-29(36)17-18-30(35)37;1-27-17-7-9-19-21(13-17)36(33,34)22-14-18(28-2)8-10-20(22)25(19)15-3-5-16(6-4-15)26(32)35-29-23(30)11-12-24(29)31;1-14-2-8-18-20(12-14)34(31,32)21-13-17(26)7-9-19(21)24(18)15-3-5-16(6-4-15)25(30)33-27-22(28)10-11-23(27)29;;/h9-16,19-20H,5-8,17-18H2,1-4H3;3-10,13-14,27H,11-12H2,1-2H3,(H,33,34);2-9,12-13H,1,10-11,26H2,(H,31,32);2*1H4. The lowest BCUT2D eigenvalue weighted by Crippen LogP contribution is -2.39. The van der Waals surface area contributed by atoms with Crippen molar-refractivity contribution in [3.05, 3.63) is 264 Å². The summed E-state index contributed by atoms with van der Waals surface area (Å²) in [6, 6.07) is 40.2. The molecule has 8 aliphatic rings. The van der Waals surface area contributed by atoms with Gasteiger partial charge in [-0.05, 0) is 196 Å². The summed E-state index contributed by atoms with van der Waals surface area (Å²) in [6.07, 6.45) is 10.8. The molecule has 0 saturated carbocycles. The number of imide groups is 3. The Balaban J connectivity index is 0.000000168. The summed E-state index contributed by atoms with van der Waals surface area (Å²) < 4.78 is 43.5. The van der Waals surface area contributed by atoms with Crippen molar-refractivity contribution in [3.8, 4) is 0 Å². The molecule has 15 rings (SSSR count). The van der Waals surface area contributed by atoms with Crippen LogP contribution in [-0.2, 0) is 57.0 Å². The first-order valence-corrected chi connectivity index (χ1v) is 40.9. The monoisotopic (exact) mass is 1600 g/mol. The van der Waals surface area contributed by atoms with Crippen molar-refractivity contribution >= 4 is 148 Å². The quantitative estimate of drug-likeness (QED) is 0.0322. The molecule has 3 saturated heterocycles. The van der Waals surface area contributed by atoms with E-state index in [-0.39, 0.29) is 96.6 Å². The molecule has 2 aliphatic carbocycles. The van der Waals surface area contributed by atoms with Crippen molar-refractivity contribution in [2.24, 2.45) is 4.99 Å². The first kappa shape index (κ1) is 82.8. The first-order chi connectivity index (χ1) is 53.5. The van der Waals surface area contributed by atoms with E-state index in [1.165, 1.54) is 30.3 Å². The number of benzene rings is 7. The summed E-state index contributed by atoms with van der Waals surface area (Å²) in [7, 11) is -8.71. The van der Waals surface area contributed by atoms with Crippen LogP contribution in [0, 0.1) is 0 Å². The third kappa shape index (κ3) is 15.5. The van der Waals surface area contributed by atoms with Crippen LogP contribution in [0.3, 0.4) is 0 Å². The molecule has 29 heteroatoms. The number of anilines is 3. The Hall–Kier alpha value is -12.1. The highest BCUT2D eigenvalue weighted by Crippen LogP contribution is 2.60. The minimum Gasteiger partial charge on any atom is -0.793 e. The van der Waals surface area contributed by atoms with E-state index in [0.29, 0.717) is 98.1 Å². The van der Waals surface area contributed by atoms with E-state index in [0.717, 1.165) is 48.7 Å². The minimum atomic E-state index is -4.22. The number of hydrogen-bond acceptors (Lipinski definition) is 20. The fraction of sp³-hybridized carbons (Fsp3) is 0.212. The van der Waals surface area contributed by atoms with Crippen molar-refractivity contribution < 1.29 is 90.6 Å². The molecule has 26 nitrogen and oxygen atoms in total. The van der Waals surface area contributed by atoms with Gasteiger partial charge in [0.05, 0.1) is 45.7 Å². The molecule has 5 N–H and O–H groups in total. The first-order valence-electron chi connectivity index (χ1n) is 35.9. The van der Waals surface area contributed by atoms with Gasteiger partial charge in [-0.25, -0.2) is 19.0 Å². The molecule has 6 heterocycles. The largest absolute Gasteiger partial charge is 0.793 e. The number of carbonyl (C=O) groups excluding carboxylic acids is 9. The van der Waals surface area contributed by atoms with Gasteiger partial charge >= 0.3 is 17.9 Å². The van der Waals surface area contributed by atoms with Gasteiger partial charge in [-0.1, -0.05) is 94.2 Å². The van der Waals surface area contributed by atoms with Gasteiger partial charge in [0.1, 0.15) is 13.1 Å². The normalized spacial score (nSPS) is 19.8. The van der Waals surface area contributed by atoms with Crippen LogP contribution in [0.5, 0.6) is 0 Å². The fourth-order valence-electron chi connectivity index (χ4n) is 14.3. The third-order valence-corrected chi connectivity index (χ3v) is 26.3. The van der Waals surface area contributed by atoms with Crippen molar-refractivity contribution in [3.63, 3.8) is 0 Å². The molecule has 3 fully saturated rings. The second-order valence-electron chi connectivity index (χ2n) is 26.7. The highest BCUT2D eigenvalue weighted by molar-refractivity contribution is 7.73. The molecule has 7 aromatic rings. The Kier molecular flexibility index (Phi) is 24.2. The summed E-state index contributed by atoms with van der Waals surface area (Å²) in [6.45, 7) is 15.0. The van der Waals surface area contributed by atoms with E-state index < -0.39 is 75.5 Å². The van der Waals surface area contributed by atoms with Gasteiger partial charge in [0, 0.05) is 111 Å². The second-order valence-corrected chi connectivity index (χ2v) is 33.0. The number of nitrogen functional groups attached to an aromatic ring is 1. The maximum Gasteiger partial charge on any atom is 0.363 e. The van der Waals surface area contributed by atoms with Crippen LogP contribution in [-0.4, -0.2) is 135 Å². The molecular weight excluding hydrogens is 1510 g/mol. The molecule has 0 aromatic heterocycles. The van der Waals surface area contributed by atoms with Crippen molar-refractivity contribution in [2.45, 2.75) is 81.1 Å². The number of hydroxylamine groups is 6. The van der Waals surface area contributed by atoms with Crippen LogP contribution >= 0.6 is 22.1 Å². The molecule has 114 heavy (non-hydrogen) atoms. The Labute approximate surface area is 657 Å². The van der Waals surface area contributed by atoms with Crippen LogP contribution in [0.15, 0.2) is 209 Å². The summed E-state index contributed by atoms with van der Waals surface area (Å²) >= 11 is 0. The lowest BCUT2D eigenvalue weighted by molar-refractivity contribution is -0.519. The van der Waals surface area contributed by atoms with Crippen molar-refractivity contribution in [2.75, 3.05) is 56.2 Å². The topological polar surface area (TPSA) is 362 Å². The number of nitrogens with two attached hydrogens (primary N) is 1. The molecule has 6 aliphatic heterocycles. The number of rotatable bonds is 15. The number of carbonyl (C=O) groups is 9. The summed E-state index contributed by atoms with van der Waals surface area (Å²) in [5.74, 6) is -5.80. The minimum absolute atomic E-state index is 0. The SMILES string of the molecule is C.C.C=c1ccc2c(c1)P(=O)(O)c1cc(N)ccc1C=2c1ccc(C(=O)ON2C(=O)CCC2=O)cc1.CCN(CC)c1ccc2c(c1)P(=O)([O-])C1=CC(=[N+](CC)CC)C=CC1=C2c1ccc(C(=O)ON2C(=O)CCC2=O)cc1.CN=C1C=CC2=C(c3ccc(C(=O)ON4C(=O)CCC4=O)cc3)c3ccc(NC)cc3P(=O)(O)C2=C1. The van der Waals surface area contributed by atoms with Crippen molar-refractivity contribution in [1.29, 1.82) is 0 Å². The van der Waals surface area contributed by atoms with E-state index in [4.69, 9.17) is 20.2 Å². The van der Waals surface area contributed by atoms with Gasteiger partial charge in [0.15, 0.2) is 0 Å². The van der Waals surface area contributed by atoms with E-state index in [1.807, 2.05) is 58.0 Å². The van der Waals surface area contributed by atoms with E-state index in [2.05, 4.69) is 26.4 Å². The number of aliphatic imine (C=N–C) groups is 1. The van der Waals surface area contributed by atoms with Gasteiger partial charge in [-0.15, -0.1) is 15.2 Å². The lowest BCUT2D eigenvalue weighted by atomic mass is 9.89. The molecule has 0 radical (unpaired) electrons. The zero-order chi connectivity index (χ0) is 80.0. The highest BCUT2D eigenvalue weighted by atomic mass is 31.2. The second kappa shape index (κ2) is 33.3. The van der Waals surface area contributed by atoms with Gasteiger partial charge in [-0.3, -0.25) is 42.9 Å². The Morgan fingerprint density at radius 1 is 0.526 bits per heavy atom. The molecule has 586 valence electrons. The van der Waals surface area contributed by atoms with Crippen LogP contribution in [0.1, 0.15) is 146 Å². The molecule has 7 aromatic carbocycles. The predicted molar refractivity (Wildman–Crippen MR) is 434 cm³/mol. The van der Waals surface area contributed by atoms with E-state index in [9.17, 15) is 71.5 Å². The van der Waals surface area contributed by atoms with Gasteiger partial charge in [-0.2, -0.15) is 0 Å². The maximum absolute atomic E-state index is 14.2. The van der Waals surface area contributed by atoms with Gasteiger partial charge in [0.25, 0.3) is 50.2 Å². The van der Waals surface area contributed by atoms with E-state index in [1.54, 1.807) is 135 Å². The van der Waals surface area contributed by atoms with Crippen LogP contribution < -0.4 is 52.5 Å². The highest BCUT2D eigenvalue weighted by Gasteiger charge is 2.43. The fourth-order valence-corrected chi connectivity index (χ4v) is 20.0. The maximum atomic E-state index is 14.2. The van der Waals surface area contributed by atoms with Crippen LogP contribution in [0.25, 0.3) is 23.3 Å². The zero-order valence-electron chi connectivity index (χ0n) is 61.6.